The van der Waals surface area contributed by atoms with Gasteiger partial charge in [0, 0.05) is 18.0 Å². The molecule has 2 heterocycles. The maximum atomic E-state index is 13.3. The third-order valence-corrected chi connectivity index (χ3v) is 4.68. The van der Waals surface area contributed by atoms with Gasteiger partial charge in [-0.2, -0.15) is 0 Å². The van der Waals surface area contributed by atoms with Crippen molar-refractivity contribution in [2.75, 3.05) is 0 Å². The van der Waals surface area contributed by atoms with Crippen molar-refractivity contribution in [3.05, 3.63) is 96.0 Å². The predicted molar refractivity (Wildman–Crippen MR) is 97.8 cm³/mol. The van der Waals surface area contributed by atoms with E-state index in [9.17, 15) is 4.79 Å². The van der Waals surface area contributed by atoms with Gasteiger partial charge in [0.15, 0.2) is 5.76 Å². The predicted octanol–water partition coefficient (Wildman–Crippen LogP) is 4.73. The number of benzene rings is 2. The smallest absolute Gasteiger partial charge is 0.229 e. The van der Waals surface area contributed by atoms with Gasteiger partial charge in [-0.25, -0.2) is 4.98 Å². The summed E-state index contributed by atoms with van der Waals surface area (Å²) in [7, 11) is 0. The molecule has 1 atom stereocenters. The number of aromatic nitrogens is 2. The van der Waals surface area contributed by atoms with E-state index < -0.39 is 0 Å². The molecule has 26 heavy (non-hydrogen) atoms. The molecule has 1 unspecified atom stereocenters. The lowest BCUT2D eigenvalue weighted by Gasteiger charge is -2.23. The van der Waals surface area contributed by atoms with Crippen LogP contribution in [0.15, 0.2) is 83.5 Å². The molecule has 0 bridgehead atoms. The molecule has 0 spiro atoms. The Hall–Kier alpha value is -3.53. The van der Waals surface area contributed by atoms with Crippen LogP contribution < -0.4 is 0 Å². The molecule has 2 aromatic carbocycles. The van der Waals surface area contributed by atoms with Gasteiger partial charge in [-0.05, 0) is 23.3 Å². The number of pyridine rings is 1. The topological polar surface area (TPSA) is 56.0 Å². The van der Waals surface area contributed by atoms with Crippen molar-refractivity contribution in [2.45, 2.75) is 5.92 Å². The number of hydrogen-bond donors (Lipinski definition) is 0. The lowest BCUT2D eigenvalue weighted by Crippen LogP contribution is -2.19. The molecule has 0 saturated carbocycles. The number of carbonyl (C=O) groups excluding carboxylic acids is 1. The zero-order valence-electron chi connectivity index (χ0n) is 13.8. The fourth-order valence-electron chi connectivity index (χ4n) is 3.50. The van der Waals surface area contributed by atoms with Crippen LogP contribution in [0.4, 0.5) is 0 Å². The first kappa shape index (κ1) is 14.8. The van der Waals surface area contributed by atoms with Gasteiger partial charge in [0.1, 0.15) is 5.69 Å². The SMILES string of the molecule is O=C1c2oc(-c3cccnc3)nc2-c2ccccc2C1c1ccccc1. The Morgan fingerprint density at radius 1 is 0.885 bits per heavy atom. The minimum atomic E-state index is -0.380. The summed E-state index contributed by atoms with van der Waals surface area (Å²) in [6, 6.07) is 21.4. The average molecular weight is 338 g/mol. The summed E-state index contributed by atoms with van der Waals surface area (Å²) >= 11 is 0. The first-order chi connectivity index (χ1) is 12.8. The zero-order chi connectivity index (χ0) is 17.5. The van der Waals surface area contributed by atoms with Crippen LogP contribution >= 0.6 is 0 Å². The fourth-order valence-corrected chi connectivity index (χ4v) is 3.50. The molecule has 2 aromatic heterocycles. The third kappa shape index (κ3) is 2.19. The summed E-state index contributed by atoms with van der Waals surface area (Å²) in [5.41, 5.74) is 4.21. The molecule has 1 aliphatic carbocycles. The van der Waals surface area contributed by atoms with E-state index in [4.69, 9.17) is 4.42 Å². The van der Waals surface area contributed by atoms with Crippen molar-refractivity contribution >= 4 is 5.78 Å². The molecule has 0 N–H and O–H groups in total. The van der Waals surface area contributed by atoms with E-state index in [2.05, 4.69) is 9.97 Å². The van der Waals surface area contributed by atoms with Gasteiger partial charge in [-0.15, -0.1) is 0 Å². The number of rotatable bonds is 2. The fraction of sp³-hybridized carbons (Fsp3) is 0.0455. The van der Waals surface area contributed by atoms with Gasteiger partial charge in [0.25, 0.3) is 0 Å². The lowest BCUT2D eigenvalue weighted by atomic mass is 9.79. The molecule has 0 saturated heterocycles. The third-order valence-electron chi connectivity index (χ3n) is 4.68. The second kappa shape index (κ2) is 5.77. The van der Waals surface area contributed by atoms with E-state index >= 15 is 0 Å². The van der Waals surface area contributed by atoms with Crippen molar-refractivity contribution < 1.29 is 9.21 Å². The van der Waals surface area contributed by atoms with E-state index in [0.29, 0.717) is 17.3 Å². The normalized spacial score (nSPS) is 15.4. The van der Waals surface area contributed by atoms with Gasteiger partial charge >= 0.3 is 0 Å². The van der Waals surface area contributed by atoms with Crippen LogP contribution in [-0.2, 0) is 0 Å². The average Bonchev–Trinajstić information content (AvgIpc) is 3.16. The summed E-state index contributed by atoms with van der Waals surface area (Å²) in [4.78, 5) is 22.0. The maximum absolute atomic E-state index is 13.3. The van der Waals surface area contributed by atoms with Crippen molar-refractivity contribution in [3.8, 4) is 22.7 Å². The van der Waals surface area contributed by atoms with Crippen molar-refractivity contribution in [3.63, 3.8) is 0 Å². The molecular formula is C22H14N2O2. The summed E-state index contributed by atoms with van der Waals surface area (Å²) in [5, 5.41) is 0. The van der Waals surface area contributed by atoms with Crippen molar-refractivity contribution in [1.29, 1.82) is 0 Å². The first-order valence-electron chi connectivity index (χ1n) is 8.42. The summed E-state index contributed by atoms with van der Waals surface area (Å²) in [5.74, 6) is 0.290. The Labute approximate surface area is 150 Å². The first-order valence-corrected chi connectivity index (χ1v) is 8.42. The number of Topliss-reactive ketones (excluding diaryl/α,β-unsaturated/α-hetero) is 1. The Kier molecular flexibility index (Phi) is 3.28. The molecule has 0 aliphatic heterocycles. The Bertz CT molecular complexity index is 1100. The molecule has 4 nitrogen and oxygen atoms in total. The Morgan fingerprint density at radius 2 is 1.69 bits per heavy atom. The van der Waals surface area contributed by atoms with E-state index in [1.165, 1.54) is 0 Å². The molecule has 1 aliphatic rings. The number of carbonyl (C=O) groups is 1. The second-order valence-electron chi connectivity index (χ2n) is 6.23. The number of hydrogen-bond acceptors (Lipinski definition) is 4. The zero-order valence-corrected chi connectivity index (χ0v) is 13.8. The van der Waals surface area contributed by atoms with E-state index in [1.807, 2.05) is 66.7 Å². The van der Waals surface area contributed by atoms with Gasteiger partial charge in [0.2, 0.25) is 11.7 Å². The van der Waals surface area contributed by atoms with Crippen LogP contribution in [0.1, 0.15) is 27.6 Å². The molecule has 0 amide bonds. The quantitative estimate of drug-likeness (QED) is 0.530. The van der Waals surface area contributed by atoms with Gasteiger partial charge in [0.05, 0.1) is 11.5 Å². The minimum absolute atomic E-state index is 0.0625. The number of fused-ring (bicyclic) bond motifs is 3. The Morgan fingerprint density at radius 3 is 2.50 bits per heavy atom. The van der Waals surface area contributed by atoms with Crippen molar-refractivity contribution in [1.82, 2.24) is 9.97 Å². The molecule has 124 valence electrons. The molecule has 5 rings (SSSR count). The number of ketones is 1. The van der Waals surface area contributed by atoms with Crippen LogP contribution in [0.3, 0.4) is 0 Å². The summed E-state index contributed by atoms with van der Waals surface area (Å²) < 4.78 is 5.91. The van der Waals surface area contributed by atoms with Crippen LogP contribution in [0.2, 0.25) is 0 Å². The minimum Gasteiger partial charge on any atom is -0.432 e. The van der Waals surface area contributed by atoms with E-state index in [0.717, 1.165) is 22.3 Å². The standard InChI is InChI=1S/C22H14N2O2/c25-20-18(14-7-2-1-3-8-14)16-10-4-5-11-17(16)19-21(20)26-22(24-19)15-9-6-12-23-13-15/h1-13,18H. The highest BCUT2D eigenvalue weighted by Crippen LogP contribution is 2.43. The van der Waals surface area contributed by atoms with Crippen LogP contribution in [0, 0.1) is 0 Å². The Balaban J connectivity index is 1.73. The van der Waals surface area contributed by atoms with E-state index in [1.54, 1.807) is 12.4 Å². The lowest BCUT2D eigenvalue weighted by molar-refractivity contribution is 0.0946. The van der Waals surface area contributed by atoms with Crippen molar-refractivity contribution in [2.24, 2.45) is 0 Å². The maximum Gasteiger partial charge on any atom is 0.229 e. The molecule has 0 fully saturated rings. The summed E-state index contributed by atoms with van der Waals surface area (Å²) in [6.07, 6.45) is 3.38. The second-order valence-corrected chi connectivity index (χ2v) is 6.23. The monoisotopic (exact) mass is 338 g/mol. The number of nitrogens with zero attached hydrogens (tertiary/aromatic N) is 2. The highest BCUT2D eigenvalue weighted by molar-refractivity contribution is 6.09. The molecular weight excluding hydrogens is 324 g/mol. The largest absolute Gasteiger partial charge is 0.432 e. The molecule has 4 aromatic rings. The van der Waals surface area contributed by atoms with Crippen LogP contribution in [0.5, 0.6) is 0 Å². The van der Waals surface area contributed by atoms with Crippen LogP contribution in [0.25, 0.3) is 22.7 Å². The molecule has 4 heteroatoms. The van der Waals surface area contributed by atoms with Crippen LogP contribution in [-0.4, -0.2) is 15.8 Å². The number of oxazole rings is 1. The van der Waals surface area contributed by atoms with Gasteiger partial charge < -0.3 is 4.42 Å². The molecule has 0 radical (unpaired) electrons. The van der Waals surface area contributed by atoms with Gasteiger partial charge in [-0.3, -0.25) is 9.78 Å². The van der Waals surface area contributed by atoms with Gasteiger partial charge in [-0.1, -0.05) is 54.6 Å². The summed E-state index contributed by atoms with van der Waals surface area (Å²) in [6.45, 7) is 0. The van der Waals surface area contributed by atoms with E-state index in [-0.39, 0.29) is 11.7 Å². The highest BCUT2D eigenvalue weighted by Gasteiger charge is 2.37. The highest BCUT2D eigenvalue weighted by atomic mass is 16.4.